The summed E-state index contributed by atoms with van der Waals surface area (Å²) < 4.78 is 5.05. The Balaban J connectivity index is 1.81. The molecule has 0 spiro atoms. The molecule has 4 nitrogen and oxygen atoms in total. The summed E-state index contributed by atoms with van der Waals surface area (Å²) in [5.41, 5.74) is 4.00. The number of nitrogens with one attached hydrogen (secondary N) is 1. The van der Waals surface area contributed by atoms with Gasteiger partial charge in [0.05, 0.1) is 13.2 Å². The molecule has 1 aliphatic carbocycles. The second kappa shape index (κ2) is 5.89. The van der Waals surface area contributed by atoms with Gasteiger partial charge in [-0.25, -0.2) is 0 Å². The van der Waals surface area contributed by atoms with Crippen LogP contribution >= 0.6 is 0 Å². The molecule has 0 atom stereocenters. The van der Waals surface area contributed by atoms with Crippen molar-refractivity contribution in [3.63, 3.8) is 0 Å². The third kappa shape index (κ3) is 3.35. The average Bonchev–Trinajstić information content (AvgIpc) is 2.84. The van der Waals surface area contributed by atoms with Gasteiger partial charge in [0.2, 0.25) is 0 Å². The molecule has 1 aliphatic rings. The Bertz CT molecular complexity index is 362. The SMILES string of the molecule is COc1cc(CNOC2CCCC2)ccc1O. The number of hydroxylamine groups is 1. The van der Waals surface area contributed by atoms with E-state index in [9.17, 15) is 5.11 Å². The zero-order valence-electron chi connectivity index (χ0n) is 10.1. The minimum atomic E-state index is 0.160. The van der Waals surface area contributed by atoms with Crippen LogP contribution in [0, 0.1) is 0 Å². The maximum Gasteiger partial charge on any atom is 0.160 e. The highest BCUT2D eigenvalue weighted by atomic mass is 16.7. The van der Waals surface area contributed by atoms with Crippen LogP contribution in [0.5, 0.6) is 11.5 Å². The van der Waals surface area contributed by atoms with Crippen LogP contribution < -0.4 is 10.2 Å². The van der Waals surface area contributed by atoms with Crippen molar-refractivity contribution in [3.8, 4) is 11.5 Å². The van der Waals surface area contributed by atoms with Crippen molar-refractivity contribution in [2.24, 2.45) is 0 Å². The van der Waals surface area contributed by atoms with Crippen LogP contribution in [0.25, 0.3) is 0 Å². The summed E-state index contributed by atoms with van der Waals surface area (Å²) in [5.74, 6) is 0.651. The second-order valence-corrected chi connectivity index (χ2v) is 4.35. The molecular formula is C13H19NO3. The number of methoxy groups -OCH3 is 1. The van der Waals surface area contributed by atoms with Gasteiger partial charge in [-0.1, -0.05) is 18.9 Å². The highest BCUT2D eigenvalue weighted by molar-refractivity contribution is 5.41. The Kier molecular flexibility index (Phi) is 4.23. The van der Waals surface area contributed by atoms with Gasteiger partial charge in [0.1, 0.15) is 0 Å². The second-order valence-electron chi connectivity index (χ2n) is 4.35. The molecule has 1 aromatic rings. The lowest BCUT2D eigenvalue weighted by molar-refractivity contribution is -0.0244. The third-order valence-corrected chi connectivity index (χ3v) is 3.07. The molecule has 0 radical (unpaired) electrons. The Morgan fingerprint density at radius 3 is 2.82 bits per heavy atom. The fraction of sp³-hybridized carbons (Fsp3) is 0.538. The zero-order chi connectivity index (χ0) is 12.1. The largest absolute Gasteiger partial charge is 0.504 e. The van der Waals surface area contributed by atoms with E-state index in [1.807, 2.05) is 6.07 Å². The van der Waals surface area contributed by atoms with Gasteiger partial charge in [-0.05, 0) is 30.5 Å². The molecule has 0 amide bonds. The fourth-order valence-electron chi connectivity index (χ4n) is 2.08. The molecule has 1 saturated carbocycles. The van der Waals surface area contributed by atoms with E-state index < -0.39 is 0 Å². The molecule has 0 aliphatic heterocycles. The number of benzene rings is 1. The summed E-state index contributed by atoms with van der Waals surface area (Å²) in [4.78, 5) is 5.56. The predicted octanol–water partition coefficient (Wildman–Crippen LogP) is 2.36. The molecule has 94 valence electrons. The van der Waals surface area contributed by atoms with Crippen LogP contribution in [-0.4, -0.2) is 18.3 Å². The van der Waals surface area contributed by atoms with Crippen molar-refractivity contribution in [3.05, 3.63) is 23.8 Å². The van der Waals surface area contributed by atoms with E-state index in [0.29, 0.717) is 18.4 Å². The van der Waals surface area contributed by atoms with Gasteiger partial charge in [-0.15, -0.1) is 0 Å². The number of phenolic OH excluding ortho intramolecular Hbond substituents is 1. The predicted molar refractivity (Wildman–Crippen MR) is 64.8 cm³/mol. The molecular weight excluding hydrogens is 218 g/mol. The summed E-state index contributed by atoms with van der Waals surface area (Å²) in [5, 5.41) is 9.46. The van der Waals surface area contributed by atoms with Crippen LogP contribution in [0.15, 0.2) is 18.2 Å². The molecule has 17 heavy (non-hydrogen) atoms. The zero-order valence-corrected chi connectivity index (χ0v) is 10.1. The first kappa shape index (κ1) is 12.2. The third-order valence-electron chi connectivity index (χ3n) is 3.07. The number of hydrogen-bond donors (Lipinski definition) is 2. The maximum absolute atomic E-state index is 9.46. The summed E-state index contributed by atoms with van der Waals surface area (Å²) >= 11 is 0. The van der Waals surface area contributed by atoms with E-state index in [-0.39, 0.29) is 5.75 Å². The normalized spacial score (nSPS) is 16.3. The van der Waals surface area contributed by atoms with Crippen molar-refractivity contribution in [1.29, 1.82) is 0 Å². The van der Waals surface area contributed by atoms with Gasteiger partial charge < -0.3 is 9.84 Å². The summed E-state index contributed by atoms with van der Waals surface area (Å²) in [6.07, 6.45) is 5.17. The molecule has 0 unspecified atom stereocenters. The highest BCUT2D eigenvalue weighted by Gasteiger charge is 2.15. The Morgan fingerprint density at radius 1 is 1.35 bits per heavy atom. The minimum absolute atomic E-state index is 0.160. The molecule has 0 heterocycles. The number of phenols is 1. The van der Waals surface area contributed by atoms with Gasteiger partial charge in [0.15, 0.2) is 11.5 Å². The fourth-order valence-corrected chi connectivity index (χ4v) is 2.08. The highest BCUT2D eigenvalue weighted by Crippen LogP contribution is 2.26. The summed E-state index contributed by atoms with van der Waals surface area (Å²) in [6.45, 7) is 0.618. The van der Waals surface area contributed by atoms with Gasteiger partial charge in [0.25, 0.3) is 0 Å². The Morgan fingerprint density at radius 2 is 2.12 bits per heavy atom. The van der Waals surface area contributed by atoms with Crippen molar-refractivity contribution in [1.82, 2.24) is 5.48 Å². The van der Waals surface area contributed by atoms with Crippen molar-refractivity contribution < 1.29 is 14.7 Å². The lowest BCUT2D eigenvalue weighted by atomic mass is 10.2. The average molecular weight is 237 g/mol. The smallest absolute Gasteiger partial charge is 0.160 e. The molecule has 2 N–H and O–H groups in total. The molecule has 0 bridgehead atoms. The maximum atomic E-state index is 9.46. The van der Waals surface area contributed by atoms with E-state index in [4.69, 9.17) is 9.57 Å². The monoisotopic (exact) mass is 237 g/mol. The summed E-state index contributed by atoms with van der Waals surface area (Å²) in [6, 6.07) is 5.29. The molecule has 0 aromatic heterocycles. The van der Waals surface area contributed by atoms with Gasteiger partial charge in [0, 0.05) is 6.54 Å². The van der Waals surface area contributed by atoms with Crippen LogP contribution in [0.4, 0.5) is 0 Å². The lowest BCUT2D eigenvalue weighted by Crippen LogP contribution is -2.21. The quantitative estimate of drug-likeness (QED) is 0.772. The van der Waals surface area contributed by atoms with Crippen LogP contribution in [-0.2, 0) is 11.4 Å². The van der Waals surface area contributed by atoms with Gasteiger partial charge in [-0.3, -0.25) is 4.84 Å². The first-order valence-corrected chi connectivity index (χ1v) is 6.04. The standard InChI is InChI=1S/C13H19NO3/c1-16-13-8-10(6-7-12(13)15)9-14-17-11-4-2-3-5-11/h6-8,11,14-15H,2-5,9H2,1H3. The van der Waals surface area contributed by atoms with Crippen LogP contribution in [0.3, 0.4) is 0 Å². The Labute approximate surface area is 102 Å². The van der Waals surface area contributed by atoms with Crippen molar-refractivity contribution in [2.75, 3.05) is 7.11 Å². The van der Waals surface area contributed by atoms with Crippen LogP contribution in [0.1, 0.15) is 31.2 Å². The molecule has 1 aromatic carbocycles. The Hall–Kier alpha value is -1.26. The topological polar surface area (TPSA) is 50.7 Å². The van der Waals surface area contributed by atoms with Gasteiger partial charge >= 0.3 is 0 Å². The van der Waals surface area contributed by atoms with E-state index in [1.54, 1.807) is 19.2 Å². The first-order chi connectivity index (χ1) is 8.29. The molecule has 2 rings (SSSR count). The summed E-state index contributed by atoms with van der Waals surface area (Å²) in [7, 11) is 1.54. The molecule has 4 heteroatoms. The van der Waals surface area contributed by atoms with E-state index in [2.05, 4.69) is 5.48 Å². The van der Waals surface area contributed by atoms with Crippen molar-refractivity contribution >= 4 is 0 Å². The van der Waals surface area contributed by atoms with Gasteiger partial charge in [-0.2, -0.15) is 5.48 Å². The minimum Gasteiger partial charge on any atom is -0.504 e. The number of aromatic hydroxyl groups is 1. The number of rotatable bonds is 5. The van der Waals surface area contributed by atoms with E-state index in [0.717, 1.165) is 18.4 Å². The molecule has 1 fully saturated rings. The van der Waals surface area contributed by atoms with Crippen molar-refractivity contribution in [2.45, 2.75) is 38.3 Å². The molecule has 0 saturated heterocycles. The number of ether oxygens (including phenoxy) is 1. The van der Waals surface area contributed by atoms with E-state index >= 15 is 0 Å². The van der Waals surface area contributed by atoms with Crippen LogP contribution in [0.2, 0.25) is 0 Å². The first-order valence-electron chi connectivity index (χ1n) is 6.04. The lowest BCUT2D eigenvalue weighted by Gasteiger charge is -2.12. The van der Waals surface area contributed by atoms with E-state index in [1.165, 1.54) is 12.8 Å². The number of hydrogen-bond acceptors (Lipinski definition) is 4.